The molecular formula is C16H21FN2O2S. The van der Waals surface area contributed by atoms with Gasteiger partial charge in [0, 0.05) is 29.3 Å². The molecule has 22 heavy (non-hydrogen) atoms. The Hall–Kier alpha value is -1.50. The van der Waals surface area contributed by atoms with Gasteiger partial charge in [0.25, 0.3) is 5.91 Å². The summed E-state index contributed by atoms with van der Waals surface area (Å²) in [5.74, 6) is -0.473. The standard InChI is InChI=1S/C16H21FN2O2S/c1-19(2)9-5-8-18-16(20)15-11(10-21-3)14-12(17)6-4-7-13(14)22-15/h4,6-7H,5,8-10H2,1-3H3,(H,18,20). The van der Waals surface area contributed by atoms with Gasteiger partial charge in [0.2, 0.25) is 0 Å². The van der Waals surface area contributed by atoms with Gasteiger partial charge in [0.1, 0.15) is 5.82 Å². The lowest BCUT2D eigenvalue weighted by Crippen LogP contribution is -2.27. The van der Waals surface area contributed by atoms with Gasteiger partial charge in [-0.1, -0.05) is 6.07 Å². The molecule has 0 spiro atoms. The Balaban J connectivity index is 2.20. The van der Waals surface area contributed by atoms with Crippen molar-refractivity contribution in [3.8, 4) is 0 Å². The van der Waals surface area contributed by atoms with E-state index in [0.717, 1.165) is 17.7 Å². The maximum absolute atomic E-state index is 14.1. The van der Waals surface area contributed by atoms with Crippen LogP contribution in [0.3, 0.4) is 0 Å². The van der Waals surface area contributed by atoms with Gasteiger partial charge in [-0.05, 0) is 39.2 Å². The largest absolute Gasteiger partial charge is 0.380 e. The number of hydrogen-bond acceptors (Lipinski definition) is 4. The molecule has 0 aliphatic carbocycles. The van der Waals surface area contributed by atoms with Crippen LogP contribution in [-0.4, -0.2) is 45.1 Å². The van der Waals surface area contributed by atoms with E-state index in [1.54, 1.807) is 13.2 Å². The van der Waals surface area contributed by atoms with E-state index in [4.69, 9.17) is 4.74 Å². The second kappa shape index (κ2) is 7.67. The Morgan fingerprint density at radius 1 is 1.41 bits per heavy atom. The van der Waals surface area contributed by atoms with Crippen LogP contribution in [-0.2, 0) is 11.3 Å². The molecule has 2 aromatic rings. The number of fused-ring (bicyclic) bond motifs is 1. The quantitative estimate of drug-likeness (QED) is 0.796. The normalized spacial score (nSPS) is 11.3. The fourth-order valence-electron chi connectivity index (χ4n) is 2.31. The number of ether oxygens (including phenoxy) is 1. The zero-order valence-electron chi connectivity index (χ0n) is 13.1. The van der Waals surface area contributed by atoms with Gasteiger partial charge in [-0.3, -0.25) is 4.79 Å². The molecule has 120 valence electrons. The van der Waals surface area contributed by atoms with Gasteiger partial charge < -0.3 is 15.0 Å². The molecule has 0 aliphatic rings. The Kier molecular flexibility index (Phi) is 5.88. The fourth-order valence-corrected chi connectivity index (χ4v) is 3.45. The third-order valence-corrected chi connectivity index (χ3v) is 4.52. The summed E-state index contributed by atoms with van der Waals surface area (Å²) in [5, 5.41) is 3.39. The van der Waals surface area contributed by atoms with Crippen molar-refractivity contribution < 1.29 is 13.9 Å². The van der Waals surface area contributed by atoms with Gasteiger partial charge in [0.15, 0.2) is 0 Å². The minimum atomic E-state index is -0.313. The molecule has 1 aromatic heterocycles. The number of carbonyl (C=O) groups is 1. The first-order valence-corrected chi connectivity index (χ1v) is 7.98. The van der Waals surface area contributed by atoms with Crippen molar-refractivity contribution in [3.63, 3.8) is 0 Å². The Labute approximate surface area is 133 Å². The van der Waals surface area contributed by atoms with Gasteiger partial charge in [-0.15, -0.1) is 11.3 Å². The zero-order valence-corrected chi connectivity index (χ0v) is 13.9. The number of methoxy groups -OCH3 is 1. The maximum Gasteiger partial charge on any atom is 0.261 e. The van der Waals surface area contributed by atoms with E-state index in [1.165, 1.54) is 17.4 Å². The highest BCUT2D eigenvalue weighted by Gasteiger charge is 2.20. The highest BCUT2D eigenvalue weighted by molar-refractivity contribution is 7.21. The lowest BCUT2D eigenvalue weighted by Gasteiger charge is -2.10. The average Bonchev–Trinajstić information content (AvgIpc) is 2.84. The van der Waals surface area contributed by atoms with Crippen molar-refractivity contribution in [1.29, 1.82) is 0 Å². The van der Waals surface area contributed by atoms with Crippen LogP contribution in [0.1, 0.15) is 21.7 Å². The van der Waals surface area contributed by atoms with Crippen LogP contribution in [0, 0.1) is 5.82 Å². The number of rotatable bonds is 7. The molecule has 0 aliphatic heterocycles. The molecule has 1 heterocycles. The maximum atomic E-state index is 14.1. The van der Waals surface area contributed by atoms with E-state index in [9.17, 15) is 9.18 Å². The molecule has 0 saturated carbocycles. The summed E-state index contributed by atoms with van der Waals surface area (Å²) in [4.78, 5) is 15.0. The summed E-state index contributed by atoms with van der Waals surface area (Å²) in [6, 6.07) is 4.89. The summed E-state index contributed by atoms with van der Waals surface area (Å²) < 4.78 is 20.0. The fraction of sp³-hybridized carbons (Fsp3) is 0.438. The highest BCUT2D eigenvalue weighted by atomic mass is 32.1. The summed E-state index contributed by atoms with van der Waals surface area (Å²) >= 11 is 1.31. The van der Waals surface area contributed by atoms with Crippen LogP contribution in [0.5, 0.6) is 0 Å². The molecule has 0 fully saturated rings. The van der Waals surface area contributed by atoms with Crippen LogP contribution in [0.25, 0.3) is 10.1 Å². The molecule has 4 nitrogen and oxygen atoms in total. The van der Waals surface area contributed by atoms with Crippen LogP contribution in [0.2, 0.25) is 0 Å². The monoisotopic (exact) mass is 324 g/mol. The Bertz CT molecular complexity index is 655. The number of carbonyl (C=O) groups excluding carboxylic acids is 1. The van der Waals surface area contributed by atoms with Crippen molar-refractivity contribution in [2.45, 2.75) is 13.0 Å². The number of amides is 1. The van der Waals surface area contributed by atoms with Crippen LogP contribution in [0.4, 0.5) is 4.39 Å². The first-order valence-electron chi connectivity index (χ1n) is 7.16. The molecule has 0 radical (unpaired) electrons. The Morgan fingerprint density at radius 2 is 2.18 bits per heavy atom. The van der Waals surface area contributed by atoms with Gasteiger partial charge >= 0.3 is 0 Å². The van der Waals surface area contributed by atoms with E-state index in [1.807, 2.05) is 20.2 Å². The van der Waals surface area contributed by atoms with Crippen LogP contribution < -0.4 is 5.32 Å². The second-order valence-electron chi connectivity index (χ2n) is 5.37. The lowest BCUT2D eigenvalue weighted by atomic mass is 10.1. The van der Waals surface area contributed by atoms with E-state index in [2.05, 4.69) is 10.2 Å². The summed E-state index contributed by atoms with van der Waals surface area (Å²) in [6.45, 7) is 1.73. The molecule has 0 saturated heterocycles. The average molecular weight is 324 g/mol. The first kappa shape index (κ1) is 16.9. The van der Waals surface area contributed by atoms with E-state index in [0.29, 0.717) is 22.4 Å². The first-order chi connectivity index (χ1) is 10.5. The SMILES string of the molecule is COCc1c(C(=O)NCCCN(C)C)sc2cccc(F)c12. The number of benzene rings is 1. The smallest absolute Gasteiger partial charge is 0.261 e. The number of halogens is 1. The Morgan fingerprint density at radius 3 is 2.86 bits per heavy atom. The highest BCUT2D eigenvalue weighted by Crippen LogP contribution is 2.33. The van der Waals surface area contributed by atoms with Crippen molar-refractivity contribution in [1.82, 2.24) is 10.2 Å². The summed E-state index contributed by atoms with van der Waals surface area (Å²) in [7, 11) is 5.53. The minimum absolute atomic E-state index is 0.161. The van der Waals surface area contributed by atoms with Crippen molar-refractivity contribution in [3.05, 3.63) is 34.5 Å². The molecule has 6 heteroatoms. The molecule has 0 bridgehead atoms. The number of thiophene rings is 1. The second-order valence-corrected chi connectivity index (χ2v) is 6.42. The molecular weight excluding hydrogens is 303 g/mol. The number of nitrogens with zero attached hydrogens (tertiary/aromatic N) is 1. The molecule has 0 atom stereocenters. The molecule has 0 unspecified atom stereocenters. The van der Waals surface area contributed by atoms with E-state index < -0.39 is 0 Å². The molecule has 1 aromatic carbocycles. The third-order valence-electron chi connectivity index (χ3n) is 3.33. The van der Waals surface area contributed by atoms with Crippen LogP contribution >= 0.6 is 11.3 Å². The molecule has 2 rings (SSSR count). The minimum Gasteiger partial charge on any atom is -0.380 e. The van der Waals surface area contributed by atoms with Gasteiger partial charge in [-0.2, -0.15) is 0 Å². The molecule has 1 N–H and O–H groups in total. The van der Waals surface area contributed by atoms with Crippen molar-refractivity contribution in [2.24, 2.45) is 0 Å². The number of hydrogen-bond donors (Lipinski definition) is 1. The van der Waals surface area contributed by atoms with Gasteiger partial charge in [0.05, 0.1) is 11.5 Å². The topological polar surface area (TPSA) is 41.6 Å². The third kappa shape index (κ3) is 3.82. The van der Waals surface area contributed by atoms with Crippen LogP contribution in [0.15, 0.2) is 18.2 Å². The predicted molar refractivity (Wildman–Crippen MR) is 88.0 cm³/mol. The van der Waals surface area contributed by atoms with Crippen molar-refractivity contribution in [2.75, 3.05) is 34.3 Å². The predicted octanol–water partition coefficient (Wildman–Crippen LogP) is 2.87. The lowest BCUT2D eigenvalue weighted by molar-refractivity contribution is 0.0952. The van der Waals surface area contributed by atoms with E-state index in [-0.39, 0.29) is 18.3 Å². The summed E-state index contributed by atoms with van der Waals surface area (Å²) in [5.41, 5.74) is 0.630. The molecule has 1 amide bonds. The zero-order chi connectivity index (χ0) is 16.1. The van der Waals surface area contributed by atoms with Gasteiger partial charge in [-0.25, -0.2) is 4.39 Å². The number of nitrogens with one attached hydrogen (secondary N) is 1. The summed E-state index contributed by atoms with van der Waals surface area (Å²) in [6.07, 6.45) is 0.873. The van der Waals surface area contributed by atoms with Crippen molar-refractivity contribution >= 4 is 27.3 Å². The van der Waals surface area contributed by atoms with E-state index >= 15 is 0 Å².